The summed E-state index contributed by atoms with van der Waals surface area (Å²) in [5, 5.41) is 4.98. The topological polar surface area (TPSA) is 12.0 Å². The molecule has 0 saturated heterocycles. The van der Waals surface area contributed by atoms with E-state index < -0.39 is 0 Å². The van der Waals surface area contributed by atoms with Crippen LogP contribution in [0.1, 0.15) is 75.4 Å². The second kappa shape index (κ2) is 6.28. The Labute approximate surface area is 127 Å². The Morgan fingerprint density at radius 1 is 1.05 bits per heavy atom. The second-order valence-electron chi connectivity index (χ2n) is 6.22. The van der Waals surface area contributed by atoms with Crippen molar-refractivity contribution in [3.05, 3.63) is 34.2 Å². The first kappa shape index (κ1) is 15.5. The van der Waals surface area contributed by atoms with Crippen LogP contribution in [-0.4, -0.2) is 6.54 Å². The molecule has 1 N–H and O–H groups in total. The Kier molecular flexibility index (Phi) is 4.87. The Morgan fingerprint density at radius 2 is 1.75 bits per heavy atom. The van der Waals surface area contributed by atoms with Gasteiger partial charge in [0.25, 0.3) is 0 Å². The minimum atomic E-state index is 0.423. The number of benzene rings is 1. The van der Waals surface area contributed by atoms with E-state index in [0.717, 1.165) is 6.54 Å². The van der Waals surface area contributed by atoms with Crippen molar-refractivity contribution in [3.63, 3.8) is 0 Å². The molecule has 110 valence electrons. The van der Waals surface area contributed by atoms with Crippen molar-refractivity contribution in [2.24, 2.45) is 0 Å². The Bertz CT molecular complexity index is 580. The lowest BCUT2D eigenvalue weighted by Gasteiger charge is -2.14. The number of fused-ring (bicyclic) bond motifs is 1. The molecule has 0 radical (unpaired) electrons. The van der Waals surface area contributed by atoms with Gasteiger partial charge in [0.15, 0.2) is 0 Å². The average Bonchev–Trinajstić information content (AvgIpc) is 2.77. The zero-order chi connectivity index (χ0) is 14.9. The summed E-state index contributed by atoms with van der Waals surface area (Å²) in [6, 6.07) is 7.41. The van der Waals surface area contributed by atoms with Crippen LogP contribution in [0.25, 0.3) is 10.1 Å². The molecule has 2 rings (SSSR count). The van der Waals surface area contributed by atoms with E-state index >= 15 is 0 Å². The van der Waals surface area contributed by atoms with Gasteiger partial charge in [-0.2, -0.15) is 0 Å². The molecule has 0 fully saturated rings. The second-order valence-corrected chi connectivity index (χ2v) is 7.31. The van der Waals surface area contributed by atoms with Crippen molar-refractivity contribution in [2.75, 3.05) is 6.54 Å². The van der Waals surface area contributed by atoms with Gasteiger partial charge < -0.3 is 5.32 Å². The van der Waals surface area contributed by atoms with E-state index in [1.165, 1.54) is 15.6 Å². The maximum absolute atomic E-state index is 3.51. The lowest BCUT2D eigenvalue weighted by molar-refractivity contribution is 0.599. The van der Waals surface area contributed by atoms with Crippen molar-refractivity contribution in [1.82, 2.24) is 5.32 Å². The van der Waals surface area contributed by atoms with Crippen LogP contribution in [0.3, 0.4) is 0 Å². The normalized spacial score (nSPS) is 13.6. The molecular formula is C18H27NS. The number of nitrogens with one attached hydrogen (secondary N) is 1. The van der Waals surface area contributed by atoms with E-state index in [4.69, 9.17) is 0 Å². The van der Waals surface area contributed by atoms with Gasteiger partial charge >= 0.3 is 0 Å². The fourth-order valence-corrected chi connectivity index (χ4v) is 4.21. The van der Waals surface area contributed by atoms with Crippen LogP contribution in [-0.2, 0) is 0 Å². The lowest BCUT2D eigenvalue weighted by atomic mass is 9.94. The summed E-state index contributed by atoms with van der Waals surface area (Å²) in [7, 11) is 0. The van der Waals surface area contributed by atoms with Crippen molar-refractivity contribution < 1.29 is 0 Å². The molecule has 1 heterocycles. The molecule has 0 bridgehead atoms. The molecule has 0 aliphatic heterocycles. The molecule has 1 nitrogen and oxygen atoms in total. The predicted molar refractivity (Wildman–Crippen MR) is 92.1 cm³/mol. The van der Waals surface area contributed by atoms with E-state index in [9.17, 15) is 0 Å². The van der Waals surface area contributed by atoms with Crippen molar-refractivity contribution in [2.45, 2.75) is 59.4 Å². The number of hydrogen-bond acceptors (Lipinski definition) is 2. The first-order chi connectivity index (χ1) is 9.45. The summed E-state index contributed by atoms with van der Waals surface area (Å²) in [4.78, 5) is 1.56. The van der Waals surface area contributed by atoms with Gasteiger partial charge in [-0.25, -0.2) is 0 Å². The summed E-state index contributed by atoms with van der Waals surface area (Å²) < 4.78 is 1.44. The highest BCUT2D eigenvalue weighted by atomic mass is 32.1. The maximum Gasteiger partial charge on any atom is 0.0348 e. The molecule has 1 unspecified atom stereocenters. The van der Waals surface area contributed by atoms with Crippen LogP contribution in [0.5, 0.6) is 0 Å². The molecule has 1 aromatic carbocycles. The molecule has 1 aromatic heterocycles. The van der Waals surface area contributed by atoms with E-state index in [1.807, 2.05) is 11.3 Å². The molecule has 1 atom stereocenters. The fraction of sp³-hybridized carbons (Fsp3) is 0.556. The van der Waals surface area contributed by atoms with Crippen LogP contribution in [0, 0.1) is 0 Å². The number of thiophene rings is 1. The smallest absolute Gasteiger partial charge is 0.0348 e. The molecule has 0 amide bonds. The molecule has 20 heavy (non-hydrogen) atoms. The molecule has 2 heteroatoms. The highest BCUT2D eigenvalue weighted by Gasteiger charge is 2.18. The first-order valence-electron chi connectivity index (χ1n) is 7.75. The quantitative estimate of drug-likeness (QED) is 0.731. The molecule has 0 saturated carbocycles. The molecule has 2 aromatic rings. The Balaban J connectivity index is 2.58. The zero-order valence-electron chi connectivity index (χ0n) is 13.6. The molecule has 0 aliphatic rings. The van der Waals surface area contributed by atoms with Crippen LogP contribution in [0.4, 0.5) is 0 Å². The number of hydrogen-bond donors (Lipinski definition) is 1. The third-order valence-corrected chi connectivity index (χ3v) is 5.38. The van der Waals surface area contributed by atoms with Gasteiger partial charge in [0.2, 0.25) is 0 Å². The monoisotopic (exact) mass is 289 g/mol. The highest BCUT2D eigenvalue weighted by molar-refractivity contribution is 7.19. The summed E-state index contributed by atoms with van der Waals surface area (Å²) in [5.41, 5.74) is 2.96. The Hall–Kier alpha value is -0.860. The van der Waals surface area contributed by atoms with E-state index in [2.05, 4.69) is 65.1 Å². The fourth-order valence-electron chi connectivity index (χ4n) is 2.87. The van der Waals surface area contributed by atoms with Gasteiger partial charge in [-0.05, 0) is 54.0 Å². The Morgan fingerprint density at radius 3 is 2.30 bits per heavy atom. The van der Waals surface area contributed by atoms with Crippen LogP contribution < -0.4 is 5.32 Å². The van der Waals surface area contributed by atoms with Crippen LogP contribution >= 0.6 is 11.3 Å². The zero-order valence-corrected chi connectivity index (χ0v) is 14.4. The third-order valence-electron chi connectivity index (χ3n) is 3.89. The van der Waals surface area contributed by atoms with Crippen molar-refractivity contribution in [1.29, 1.82) is 0 Å². The van der Waals surface area contributed by atoms with Crippen LogP contribution in [0.15, 0.2) is 18.2 Å². The van der Waals surface area contributed by atoms with Gasteiger partial charge in [-0.3, -0.25) is 0 Å². The third kappa shape index (κ3) is 2.91. The predicted octanol–water partition coefficient (Wildman–Crippen LogP) is 5.82. The summed E-state index contributed by atoms with van der Waals surface area (Å²) in [6.07, 6.45) is 0. The number of rotatable bonds is 5. The average molecular weight is 289 g/mol. The summed E-state index contributed by atoms with van der Waals surface area (Å²) >= 11 is 1.97. The van der Waals surface area contributed by atoms with Gasteiger partial charge in [0, 0.05) is 15.6 Å². The maximum atomic E-state index is 3.51. The summed E-state index contributed by atoms with van der Waals surface area (Å²) in [6.45, 7) is 14.7. The van der Waals surface area contributed by atoms with Gasteiger partial charge in [0.1, 0.15) is 0 Å². The molecular weight excluding hydrogens is 262 g/mol. The lowest BCUT2D eigenvalue weighted by Crippen LogP contribution is -2.17. The highest BCUT2D eigenvalue weighted by Crippen LogP contribution is 2.40. The molecule has 0 spiro atoms. The van der Waals surface area contributed by atoms with E-state index in [1.54, 1.807) is 10.4 Å². The minimum Gasteiger partial charge on any atom is -0.310 e. The SMILES string of the molecule is CCNC(C)c1ccc2sc(C(C)C)c(C(C)C)c2c1. The van der Waals surface area contributed by atoms with Gasteiger partial charge in [0.05, 0.1) is 0 Å². The standard InChI is InChI=1S/C18H27NS/c1-7-19-13(6)14-8-9-16-15(10-14)17(11(2)3)18(20-16)12(4)5/h8-13,19H,7H2,1-6H3. The van der Waals surface area contributed by atoms with Crippen molar-refractivity contribution in [3.8, 4) is 0 Å². The molecule has 0 aliphatic carbocycles. The van der Waals surface area contributed by atoms with Crippen LogP contribution in [0.2, 0.25) is 0 Å². The minimum absolute atomic E-state index is 0.423. The first-order valence-corrected chi connectivity index (χ1v) is 8.56. The van der Waals surface area contributed by atoms with E-state index in [-0.39, 0.29) is 0 Å². The van der Waals surface area contributed by atoms with Gasteiger partial charge in [-0.1, -0.05) is 40.7 Å². The largest absolute Gasteiger partial charge is 0.310 e. The summed E-state index contributed by atoms with van der Waals surface area (Å²) in [5.74, 6) is 1.20. The van der Waals surface area contributed by atoms with Gasteiger partial charge in [-0.15, -0.1) is 11.3 Å². The van der Waals surface area contributed by atoms with Crippen molar-refractivity contribution >= 4 is 21.4 Å². The van der Waals surface area contributed by atoms with E-state index in [0.29, 0.717) is 17.9 Å².